The Morgan fingerprint density at radius 1 is 1.24 bits per heavy atom. The van der Waals surface area contributed by atoms with E-state index in [0.717, 1.165) is 46.5 Å². The Hall–Kier alpha value is -3.57. The van der Waals surface area contributed by atoms with Crippen molar-refractivity contribution < 1.29 is 5.11 Å². The Labute approximate surface area is 166 Å². The molecule has 8 nitrogen and oxygen atoms in total. The van der Waals surface area contributed by atoms with Crippen LogP contribution in [0.2, 0.25) is 0 Å². The molecule has 1 fully saturated rings. The Kier molecular flexibility index (Phi) is 4.11. The quantitative estimate of drug-likeness (QED) is 0.546. The van der Waals surface area contributed by atoms with Gasteiger partial charge in [-0.1, -0.05) is 0 Å². The summed E-state index contributed by atoms with van der Waals surface area (Å²) < 4.78 is 1.88. The summed E-state index contributed by atoms with van der Waals surface area (Å²) in [6, 6.07) is 11.9. The van der Waals surface area contributed by atoms with Crippen molar-refractivity contribution in [3.05, 3.63) is 48.9 Å². The van der Waals surface area contributed by atoms with Crippen LogP contribution in [-0.4, -0.2) is 41.7 Å². The molecule has 5 rings (SSSR count). The number of nitrogens with one attached hydrogen (secondary N) is 1. The lowest BCUT2D eigenvalue weighted by Gasteiger charge is -2.46. The van der Waals surface area contributed by atoms with Crippen molar-refractivity contribution in [3.63, 3.8) is 0 Å². The molecular formula is C21H19N7O. The van der Waals surface area contributed by atoms with Crippen LogP contribution in [0.25, 0.3) is 33.7 Å². The number of hydrogen-bond donors (Lipinski definition) is 2. The number of pyridine rings is 2. The van der Waals surface area contributed by atoms with E-state index < -0.39 is 0 Å². The fourth-order valence-corrected chi connectivity index (χ4v) is 4.22. The average Bonchev–Trinajstić information content (AvgIpc) is 3.42. The minimum atomic E-state index is -0.352. The van der Waals surface area contributed by atoms with Crippen LogP contribution in [0.15, 0.2) is 48.9 Å². The van der Waals surface area contributed by atoms with E-state index in [2.05, 4.69) is 21.3 Å². The Morgan fingerprint density at radius 2 is 2.14 bits per heavy atom. The lowest BCUT2D eigenvalue weighted by atomic mass is 9.67. The zero-order chi connectivity index (χ0) is 19.8. The van der Waals surface area contributed by atoms with E-state index in [0.29, 0.717) is 6.42 Å². The summed E-state index contributed by atoms with van der Waals surface area (Å²) in [4.78, 5) is 9.33. The fraction of sp³-hybridized carbons (Fsp3) is 0.286. The Bertz CT molecular complexity index is 1200. The first-order valence-electron chi connectivity index (χ1n) is 9.52. The second-order valence-electron chi connectivity index (χ2n) is 7.56. The molecule has 29 heavy (non-hydrogen) atoms. The number of aromatic nitrogens is 6. The molecule has 144 valence electrons. The molecule has 2 N–H and O–H groups in total. The molecule has 4 aromatic rings. The second kappa shape index (κ2) is 6.79. The van der Waals surface area contributed by atoms with Gasteiger partial charge in [0.2, 0.25) is 0 Å². The number of H-pyrrole nitrogens is 1. The molecular weight excluding hydrogens is 366 g/mol. The predicted octanol–water partition coefficient (Wildman–Crippen LogP) is 2.89. The lowest BCUT2D eigenvalue weighted by molar-refractivity contribution is 0.0204. The van der Waals surface area contributed by atoms with E-state index >= 15 is 0 Å². The van der Waals surface area contributed by atoms with Gasteiger partial charge in [-0.25, -0.2) is 4.98 Å². The number of aromatic amines is 1. The third kappa shape index (κ3) is 2.87. The summed E-state index contributed by atoms with van der Waals surface area (Å²) in [5.74, 6) is 0.225. The maximum Gasteiger partial charge on any atom is 0.111 e. The predicted molar refractivity (Wildman–Crippen MR) is 106 cm³/mol. The van der Waals surface area contributed by atoms with Gasteiger partial charge in [-0.2, -0.15) is 15.5 Å². The van der Waals surface area contributed by atoms with E-state index in [1.165, 1.54) is 0 Å². The third-order valence-corrected chi connectivity index (χ3v) is 5.70. The van der Waals surface area contributed by atoms with Crippen LogP contribution in [0.3, 0.4) is 0 Å². The van der Waals surface area contributed by atoms with Crippen molar-refractivity contribution in [2.75, 3.05) is 6.61 Å². The van der Waals surface area contributed by atoms with Crippen LogP contribution in [0.1, 0.15) is 19.3 Å². The zero-order valence-electron chi connectivity index (χ0n) is 15.7. The summed E-state index contributed by atoms with van der Waals surface area (Å²) in [6.07, 6.45) is 7.23. The molecule has 1 saturated carbocycles. The average molecular weight is 385 g/mol. The smallest absolute Gasteiger partial charge is 0.111 e. The molecule has 0 radical (unpaired) electrons. The highest BCUT2D eigenvalue weighted by Crippen LogP contribution is 2.46. The first kappa shape index (κ1) is 17.5. The molecule has 1 aliphatic carbocycles. The normalized spacial score (nSPS) is 21.0. The standard InChI is InChI=1S/C21H19N7O/c22-6-5-21(11-14(12-21)13-29)28-9-4-17(27-28)20-15-2-1-7-23-18(15)10-19(25-20)16-3-8-24-26-16/h1-4,7-10,14,29H,5,11-13H2,(H,24,26). The van der Waals surface area contributed by atoms with Crippen LogP contribution in [0, 0.1) is 17.2 Å². The second-order valence-corrected chi connectivity index (χ2v) is 7.56. The topological polar surface area (TPSA) is 116 Å². The zero-order valence-corrected chi connectivity index (χ0v) is 15.7. The summed E-state index contributed by atoms with van der Waals surface area (Å²) in [7, 11) is 0. The highest BCUT2D eigenvalue weighted by Gasteiger charge is 2.46. The molecule has 0 saturated heterocycles. The number of fused-ring (bicyclic) bond motifs is 1. The highest BCUT2D eigenvalue weighted by atomic mass is 16.3. The minimum Gasteiger partial charge on any atom is -0.396 e. The summed E-state index contributed by atoms with van der Waals surface area (Å²) in [5.41, 5.74) is 3.50. The number of nitrogens with zero attached hydrogens (tertiary/aromatic N) is 6. The summed E-state index contributed by atoms with van der Waals surface area (Å²) in [6.45, 7) is 0.144. The first-order valence-corrected chi connectivity index (χ1v) is 9.52. The molecule has 0 aromatic carbocycles. The monoisotopic (exact) mass is 385 g/mol. The molecule has 0 spiro atoms. The van der Waals surface area contributed by atoms with Crippen LogP contribution in [0.5, 0.6) is 0 Å². The number of rotatable bonds is 5. The number of hydrogen-bond acceptors (Lipinski definition) is 6. The summed E-state index contributed by atoms with van der Waals surface area (Å²) >= 11 is 0. The number of nitriles is 1. The maximum atomic E-state index is 9.42. The van der Waals surface area contributed by atoms with Gasteiger partial charge in [0.15, 0.2) is 0 Å². The SMILES string of the molecule is N#CCC1(n2ccc(-c3nc(-c4ccn[nH]4)cc4ncccc34)n2)CC(CO)C1. The van der Waals surface area contributed by atoms with Crippen molar-refractivity contribution in [3.8, 4) is 28.8 Å². The van der Waals surface area contributed by atoms with Crippen molar-refractivity contribution in [1.29, 1.82) is 5.26 Å². The van der Waals surface area contributed by atoms with Gasteiger partial charge in [-0.15, -0.1) is 0 Å². The first-order chi connectivity index (χ1) is 14.2. The number of aliphatic hydroxyl groups excluding tert-OH is 1. The van der Waals surface area contributed by atoms with Crippen LogP contribution >= 0.6 is 0 Å². The van der Waals surface area contributed by atoms with Gasteiger partial charge in [0, 0.05) is 30.6 Å². The van der Waals surface area contributed by atoms with Gasteiger partial charge >= 0.3 is 0 Å². The molecule has 0 amide bonds. The Balaban J connectivity index is 1.61. The van der Waals surface area contributed by atoms with E-state index in [4.69, 9.17) is 10.1 Å². The molecule has 4 heterocycles. The molecule has 0 atom stereocenters. The van der Waals surface area contributed by atoms with E-state index in [1.54, 1.807) is 12.4 Å². The van der Waals surface area contributed by atoms with E-state index in [1.807, 2.05) is 41.2 Å². The third-order valence-electron chi connectivity index (χ3n) is 5.70. The van der Waals surface area contributed by atoms with Crippen molar-refractivity contribution in [1.82, 2.24) is 29.9 Å². The minimum absolute atomic E-state index is 0.144. The molecule has 4 aromatic heterocycles. The Morgan fingerprint density at radius 3 is 2.90 bits per heavy atom. The van der Waals surface area contributed by atoms with E-state index in [-0.39, 0.29) is 18.1 Å². The summed E-state index contributed by atoms with van der Waals surface area (Å²) in [5, 5.41) is 31.4. The molecule has 8 heteroatoms. The largest absolute Gasteiger partial charge is 0.396 e. The van der Waals surface area contributed by atoms with Crippen LogP contribution < -0.4 is 0 Å². The fourth-order valence-electron chi connectivity index (χ4n) is 4.22. The van der Waals surface area contributed by atoms with Gasteiger partial charge in [0.25, 0.3) is 0 Å². The lowest BCUT2D eigenvalue weighted by Crippen LogP contribution is -2.47. The van der Waals surface area contributed by atoms with Crippen molar-refractivity contribution in [2.45, 2.75) is 24.8 Å². The molecule has 0 bridgehead atoms. The van der Waals surface area contributed by atoms with Gasteiger partial charge in [-0.3, -0.25) is 14.8 Å². The van der Waals surface area contributed by atoms with Gasteiger partial charge in [0.05, 0.1) is 34.9 Å². The van der Waals surface area contributed by atoms with Crippen molar-refractivity contribution >= 4 is 10.9 Å². The highest BCUT2D eigenvalue weighted by molar-refractivity contribution is 5.93. The van der Waals surface area contributed by atoms with Gasteiger partial charge in [0.1, 0.15) is 11.4 Å². The van der Waals surface area contributed by atoms with Crippen molar-refractivity contribution in [2.24, 2.45) is 5.92 Å². The molecule has 1 aliphatic rings. The maximum absolute atomic E-state index is 9.42. The van der Waals surface area contributed by atoms with Crippen LogP contribution in [-0.2, 0) is 5.54 Å². The van der Waals surface area contributed by atoms with E-state index in [9.17, 15) is 10.4 Å². The molecule has 0 aliphatic heterocycles. The van der Waals surface area contributed by atoms with Crippen LogP contribution in [0.4, 0.5) is 0 Å². The van der Waals surface area contributed by atoms with Gasteiger partial charge < -0.3 is 5.11 Å². The number of aliphatic hydroxyl groups is 1. The van der Waals surface area contributed by atoms with Gasteiger partial charge in [-0.05, 0) is 49.1 Å². The molecule has 0 unspecified atom stereocenters.